The third-order valence-corrected chi connectivity index (χ3v) is 2.69. The van der Waals surface area contributed by atoms with Gasteiger partial charge in [-0.15, -0.1) is 0 Å². The van der Waals surface area contributed by atoms with Crippen LogP contribution in [-0.4, -0.2) is 28.4 Å². The molecule has 0 bridgehead atoms. The summed E-state index contributed by atoms with van der Waals surface area (Å²) in [5, 5.41) is 3.67. The van der Waals surface area contributed by atoms with E-state index in [1.807, 2.05) is 30.3 Å². The number of aromatic nitrogens is 1. The average molecular weight is 273 g/mol. The van der Waals surface area contributed by atoms with E-state index in [2.05, 4.69) is 5.16 Å². The number of hydrogen-bond acceptors (Lipinski definition) is 4. The van der Waals surface area contributed by atoms with Crippen molar-refractivity contribution in [3.05, 3.63) is 53.4 Å². The molecule has 20 heavy (non-hydrogen) atoms. The van der Waals surface area contributed by atoms with Gasteiger partial charge in [-0.05, 0) is 12.5 Å². The minimum absolute atomic E-state index is 0.0969. The first-order chi connectivity index (χ1) is 9.56. The summed E-state index contributed by atoms with van der Waals surface area (Å²) in [6.07, 6.45) is 0. The van der Waals surface area contributed by atoms with Crippen molar-refractivity contribution >= 4 is 11.8 Å². The van der Waals surface area contributed by atoms with E-state index in [0.717, 1.165) is 5.56 Å². The van der Waals surface area contributed by atoms with E-state index in [0.29, 0.717) is 5.69 Å². The van der Waals surface area contributed by atoms with Crippen LogP contribution < -0.4 is 5.73 Å². The average Bonchev–Trinajstić information content (AvgIpc) is 2.84. The fourth-order valence-electron chi connectivity index (χ4n) is 1.81. The highest BCUT2D eigenvalue weighted by Crippen LogP contribution is 2.11. The second-order valence-corrected chi connectivity index (χ2v) is 4.45. The molecular formula is C14H15N3O3. The molecule has 1 heterocycles. The molecule has 0 atom stereocenters. The van der Waals surface area contributed by atoms with Gasteiger partial charge in [0.05, 0.1) is 5.69 Å². The molecule has 2 aromatic rings. The first-order valence-corrected chi connectivity index (χ1v) is 6.11. The van der Waals surface area contributed by atoms with Crippen LogP contribution in [0.1, 0.15) is 21.8 Å². The number of hydrogen-bond donors (Lipinski definition) is 1. The van der Waals surface area contributed by atoms with Crippen LogP contribution in [0.15, 0.2) is 40.9 Å². The van der Waals surface area contributed by atoms with Crippen molar-refractivity contribution in [1.29, 1.82) is 0 Å². The van der Waals surface area contributed by atoms with E-state index in [9.17, 15) is 9.59 Å². The maximum absolute atomic E-state index is 12.3. The van der Waals surface area contributed by atoms with E-state index in [1.54, 1.807) is 6.92 Å². The Morgan fingerprint density at radius 3 is 2.55 bits per heavy atom. The van der Waals surface area contributed by atoms with E-state index in [1.165, 1.54) is 11.0 Å². The van der Waals surface area contributed by atoms with E-state index < -0.39 is 11.8 Å². The second-order valence-electron chi connectivity index (χ2n) is 4.45. The topological polar surface area (TPSA) is 89.4 Å². The van der Waals surface area contributed by atoms with Gasteiger partial charge in [0, 0.05) is 12.6 Å². The van der Waals surface area contributed by atoms with Gasteiger partial charge >= 0.3 is 0 Å². The highest BCUT2D eigenvalue weighted by molar-refractivity contribution is 5.94. The van der Waals surface area contributed by atoms with Gasteiger partial charge in [-0.1, -0.05) is 35.5 Å². The summed E-state index contributed by atoms with van der Waals surface area (Å²) in [6, 6.07) is 10.9. The second kappa shape index (κ2) is 6.01. The first kappa shape index (κ1) is 13.8. The molecule has 0 aliphatic rings. The van der Waals surface area contributed by atoms with Gasteiger partial charge in [0.15, 0.2) is 0 Å². The number of aryl methyl sites for hydroxylation is 1. The van der Waals surface area contributed by atoms with Gasteiger partial charge < -0.3 is 15.2 Å². The molecule has 0 fully saturated rings. The predicted molar refractivity (Wildman–Crippen MR) is 71.6 cm³/mol. The molecule has 6 nitrogen and oxygen atoms in total. The third-order valence-electron chi connectivity index (χ3n) is 2.69. The van der Waals surface area contributed by atoms with Crippen LogP contribution in [0.5, 0.6) is 0 Å². The zero-order valence-corrected chi connectivity index (χ0v) is 11.1. The Morgan fingerprint density at radius 2 is 2.00 bits per heavy atom. The molecule has 6 heteroatoms. The van der Waals surface area contributed by atoms with Gasteiger partial charge in [-0.25, -0.2) is 0 Å². The van der Waals surface area contributed by atoms with Crippen LogP contribution >= 0.6 is 0 Å². The van der Waals surface area contributed by atoms with Gasteiger partial charge in [0.1, 0.15) is 6.54 Å². The molecule has 2 N–H and O–H groups in total. The summed E-state index contributed by atoms with van der Waals surface area (Å²) in [5.41, 5.74) is 6.69. The standard InChI is InChI=1S/C14H15N3O3/c1-10-7-12(20-16-10)14(19)17(9-13(15)18)8-11-5-3-2-4-6-11/h2-7H,8-9H2,1H3,(H2,15,18). The molecule has 0 unspecified atom stereocenters. The molecule has 0 aliphatic heterocycles. The minimum Gasteiger partial charge on any atom is -0.368 e. The SMILES string of the molecule is Cc1cc(C(=O)N(CC(N)=O)Cc2ccccc2)on1. The summed E-state index contributed by atoms with van der Waals surface area (Å²) < 4.78 is 4.93. The lowest BCUT2D eigenvalue weighted by Crippen LogP contribution is -2.37. The van der Waals surface area contributed by atoms with Crippen LogP contribution in [0.25, 0.3) is 0 Å². The first-order valence-electron chi connectivity index (χ1n) is 6.11. The molecule has 0 saturated heterocycles. The lowest BCUT2D eigenvalue weighted by atomic mass is 10.2. The molecule has 0 saturated carbocycles. The van der Waals surface area contributed by atoms with Crippen molar-refractivity contribution in [2.24, 2.45) is 5.73 Å². The zero-order chi connectivity index (χ0) is 14.5. The number of amides is 2. The van der Waals surface area contributed by atoms with Gasteiger partial charge in [0.2, 0.25) is 11.7 Å². The van der Waals surface area contributed by atoms with Crippen molar-refractivity contribution in [3.8, 4) is 0 Å². The molecule has 1 aromatic heterocycles. The molecule has 2 amide bonds. The van der Waals surface area contributed by atoms with E-state index >= 15 is 0 Å². The molecule has 2 rings (SSSR count). The summed E-state index contributed by atoms with van der Waals surface area (Å²) >= 11 is 0. The van der Waals surface area contributed by atoms with Crippen molar-refractivity contribution in [3.63, 3.8) is 0 Å². The number of carbonyl (C=O) groups is 2. The molecular weight excluding hydrogens is 258 g/mol. The maximum atomic E-state index is 12.3. The summed E-state index contributed by atoms with van der Waals surface area (Å²) in [6.45, 7) is 1.83. The van der Waals surface area contributed by atoms with Crippen molar-refractivity contribution in [2.75, 3.05) is 6.54 Å². The molecule has 0 aliphatic carbocycles. The molecule has 1 aromatic carbocycles. The summed E-state index contributed by atoms with van der Waals surface area (Å²) in [7, 11) is 0. The Hall–Kier alpha value is -2.63. The van der Waals surface area contributed by atoms with Crippen LogP contribution in [0, 0.1) is 6.92 Å². The number of rotatable bonds is 5. The van der Waals surface area contributed by atoms with E-state index in [-0.39, 0.29) is 18.8 Å². The molecule has 104 valence electrons. The Kier molecular flexibility index (Phi) is 4.14. The third kappa shape index (κ3) is 3.44. The predicted octanol–water partition coefficient (Wildman–Crippen LogP) is 1.11. The number of carbonyl (C=O) groups excluding carboxylic acids is 2. The van der Waals surface area contributed by atoms with Gasteiger partial charge in [0.25, 0.3) is 5.91 Å². The molecule has 0 radical (unpaired) electrons. The monoisotopic (exact) mass is 273 g/mol. The van der Waals surface area contributed by atoms with Crippen LogP contribution in [-0.2, 0) is 11.3 Å². The Labute approximate surface area is 116 Å². The van der Waals surface area contributed by atoms with Crippen molar-refractivity contribution < 1.29 is 14.1 Å². The normalized spacial score (nSPS) is 10.2. The van der Waals surface area contributed by atoms with Crippen LogP contribution in [0.2, 0.25) is 0 Å². The van der Waals surface area contributed by atoms with Gasteiger partial charge in [-0.3, -0.25) is 9.59 Å². The number of nitrogens with zero attached hydrogens (tertiary/aromatic N) is 2. The fourth-order valence-corrected chi connectivity index (χ4v) is 1.81. The molecule has 0 spiro atoms. The number of benzene rings is 1. The minimum atomic E-state index is -0.578. The Balaban J connectivity index is 2.19. The Bertz CT molecular complexity index is 607. The summed E-state index contributed by atoms with van der Waals surface area (Å²) in [4.78, 5) is 24.7. The maximum Gasteiger partial charge on any atom is 0.293 e. The highest BCUT2D eigenvalue weighted by atomic mass is 16.5. The van der Waals surface area contributed by atoms with Crippen molar-refractivity contribution in [1.82, 2.24) is 10.1 Å². The van der Waals surface area contributed by atoms with Gasteiger partial charge in [-0.2, -0.15) is 0 Å². The lowest BCUT2D eigenvalue weighted by molar-refractivity contribution is -0.118. The lowest BCUT2D eigenvalue weighted by Gasteiger charge is -2.19. The highest BCUT2D eigenvalue weighted by Gasteiger charge is 2.21. The fraction of sp³-hybridized carbons (Fsp3) is 0.214. The number of primary amides is 1. The van der Waals surface area contributed by atoms with E-state index in [4.69, 9.17) is 10.3 Å². The largest absolute Gasteiger partial charge is 0.368 e. The zero-order valence-electron chi connectivity index (χ0n) is 11.1. The quantitative estimate of drug-likeness (QED) is 0.883. The van der Waals surface area contributed by atoms with Crippen molar-refractivity contribution in [2.45, 2.75) is 13.5 Å². The Morgan fingerprint density at radius 1 is 1.30 bits per heavy atom. The van der Waals surface area contributed by atoms with Crippen LogP contribution in [0.4, 0.5) is 0 Å². The summed E-state index contributed by atoms with van der Waals surface area (Å²) in [5.74, 6) is -0.890. The smallest absolute Gasteiger partial charge is 0.293 e. The van der Waals surface area contributed by atoms with Crippen LogP contribution in [0.3, 0.4) is 0 Å². The number of nitrogens with two attached hydrogens (primary N) is 1.